The summed E-state index contributed by atoms with van der Waals surface area (Å²) in [6.45, 7) is 8.04. The Kier molecular flexibility index (Phi) is 8.17. The summed E-state index contributed by atoms with van der Waals surface area (Å²) in [4.78, 5) is 23.7. The van der Waals surface area contributed by atoms with Crippen LogP contribution in [0.1, 0.15) is 0 Å². The lowest BCUT2D eigenvalue weighted by atomic mass is 10.4. The fourth-order valence-electron chi connectivity index (χ4n) is 1.03. The molecule has 0 heterocycles. The van der Waals surface area contributed by atoms with Crippen LogP contribution in [-0.2, 0) is 9.59 Å². The molecular weight excluding hydrogens is 240 g/mol. The number of aliphatic carboxylic acids is 1. The van der Waals surface area contributed by atoms with Crippen LogP contribution in [0.4, 0.5) is 0 Å². The Labute approximate surface area is 105 Å². The van der Waals surface area contributed by atoms with Crippen LogP contribution < -0.4 is 5.73 Å². The second-order valence-electron chi connectivity index (χ2n) is 3.34. The van der Waals surface area contributed by atoms with E-state index in [1.165, 1.54) is 11.8 Å². The molecule has 6 heteroatoms. The molecule has 0 fully saturated rings. The Morgan fingerprint density at radius 1 is 1.35 bits per heavy atom. The van der Waals surface area contributed by atoms with E-state index in [1.807, 2.05) is 0 Å². The highest BCUT2D eigenvalue weighted by Gasteiger charge is 2.14. The summed E-state index contributed by atoms with van der Waals surface area (Å²) in [6.07, 6.45) is 3.27. The van der Waals surface area contributed by atoms with E-state index >= 15 is 0 Å². The highest BCUT2D eigenvalue weighted by Crippen LogP contribution is 2.05. The van der Waals surface area contributed by atoms with E-state index in [2.05, 4.69) is 13.2 Å². The summed E-state index contributed by atoms with van der Waals surface area (Å²) in [7, 11) is 0. The summed E-state index contributed by atoms with van der Waals surface area (Å²) in [5, 5.41) is 8.56. The maximum absolute atomic E-state index is 11.7. The van der Waals surface area contributed by atoms with Gasteiger partial charge < -0.3 is 15.7 Å². The zero-order chi connectivity index (χ0) is 13.3. The fourth-order valence-corrected chi connectivity index (χ4v) is 1.90. The number of nitrogens with two attached hydrogens (primary N) is 1. The van der Waals surface area contributed by atoms with Crippen LogP contribution in [0.2, 0.25) is 0 Å². The SMILES string of the molecule is C=CCN(CC=C)C(=O)CSC[C@H](N)C(=O)O. The van der Waals surface area contributed by atoms with Crippen LogP contribution in [0.5, 0.6) is 0 Å². The fraction of sp³-hybridized carbons (Fsp3) is 0.455. The molecule has 96 valence electrons. The lowest BCUT2D eigenvalue weighted by molar-refractivity contribution is -0.138. The number of nitrogens with zero attached hydrogens (tertiary/aromatic N) is 1. The number of thioether (sulfide) groups is 1. The Morgan fingerprint density at radius 3 is 2.29 bits per heavy atom. The highest BCUT2D eigenvalue weighted by molar-refractivity contribution is 8.00. The van der Waals surface area contributed by atoms with Crippen molar-refractivity contribution in [2.24, 2.45) is 5.73 Å². The number of carboxylic acids is 1. The molecule has 0 radical (unpaired) electrons. The standard InChI is InChI=1S/C11H18N2O3S/c1-3-5-13(6-4-2)10(14)8-17-7-9(12)11(15)16/h3-4,9H,1-2,5-8,12H2,(H,15,16)/t9-/m0/s1. The summed E-state index contributed by atoms with van der Waals surface area (Å²) in [5.41, 5.74) is 5.32. The number of rotatable bonds is 9. The van der Waals surface area contributed by atoms with Crippen molar-refractivity contribution >= 4 is 23.6 Å². The van der Waals surface area contributed by atoms with Gasteiger partial charge in [0.2, 0.25) is 5.91 Å². The van der Waals surface area contributed by atoms with Crippen LogP contribution in [0.3, 0.4) is 0 Å². The molecule has 0 aliphatic heterocycles. The molecule has 0 saturated heterocycles. The average Bonchev–Trinajstić information content (AvgIpc) is 2.28. The van der Waals surface area contributed by atoms with Crippen molar-refractivity contribution in [3.05, 3.63) is 25.3 Å². The monoisotopic (exact) mass is 258 g/mol. The summed E-state index contributed by atoms with van der Waals surface area (Å²) >= 11 is 1.21. The molecule has 5 nitrogen and oxygen atoms in total. The maximum atomic E-state index is 11.7. The van der Waals surface area contributed by atoms with Gasteiger partial charge >= 0.3 is 5.97 Å². The minimum absolute atomic E-state index is 0.0765. The van der Waals surface area contributed by atoms with E-state index in [-0.39, 0.29) is 17.4 Å². The van der Waals surface area contributed by atoms with Crippen molar-refractivity contribution in [1.82, 2.24) is 4.90 Å². The van der Waals surface area contributed by atoms with Crippen LogP contribution in [0, 0.1) is 0 Å². The zero-order valence-electron chi connectivity index (χ0n) is 9.67. The smallest absolute Gasteiger partial charge is 0.321 e. The van der Waals surface area contributed by atoms with Crippen LogP contribution >= 0.6 is 11.8 Å². The topological polar surface area (TPSA) is 83.6 Å². The first-order chi connectivity index (χ1) is 8.02. The first-order valence-electron chi connectivity index (χ1n) is 5.08. The molecule has 0 aromatic heterocycles. The predicted molar refractivity (Wildman–Crippen MR) is 69.9 cm³/mol. The van der Waals surface area contributed by atoms with Crippen LogP contribution in [0.25, 0.3) is 0 Å². The number of hydrogen-bond donors (Lipinski definition) is 2. The first kappa shape index (κ1) is 15.7. The van der Waals surface area contributed by atoms with Gasteiger partial charge in [-0.25, -0.2) is 0 Å². The normalized spacial score (nSPS) is 11.6. The summed E-state index contributed by atoms with van der Waals surface area (Å²) < 4.78 is 0. The van der Waals surface area contributed by atoms with E-state index in [4.69, 9.17) is 10.8 Å². The van der Waals surface area contributed by atoms with Gasteiger partial charge in [0.25, 0.3) is 0 Å². The minimum Gasteiger partial charge on any atom is -0.480 e. The quantitative estimate of drug-likeness (QED) is 0.582. The summed E-state index contributed by atoms with van der Waals surface area (Å²) in [6, 6.07) is -0.931. The molecule has 0 rings (SSSR count). The molecule has 1 amide bonds. The van der Waals surface area contributed by atoms with E-state index in [9.17, 15) is 9.59 Å². The first-order valence-corrected chi connectivity index (χ1v) is 6.24. The van der Waals surface area contributed by atoms with Gasteiger partial charge in [0.05, 0.1) is 5.75 Å². The molecule has 0 spiro atoms. The van der Waals surface area contributed by atoms with Crippen molar-refractivity contribution in [3.8, 4) is 0 Å². The van der Waals surface area contributed by atoms with Gasteiger partial charge in [0.15, 0.2) is 0 Å². The van der Waals surface area contributed by atoms with Gasteiger partial charge in [-0.3, -0.25) is 9.59 Å². The third-order valence-corrected chi connectivity index (χ3v) is 2.94. The van der Waals surface area contributed by atoms with Crippen molar-refractivity contribution in [2.45, 2.75) is 6.04 Å². The van der Waals surface area contributed by atoms with Gasteiger partial charge in [-0.15, -0.1) is 24.9 Å². The molecule has 0 aromatic carbocycles. The zero-order valence-corrected chi connectivity index (χ0v) is 10.5. The Balaban J connectivity index is 4.00. The van der Waals surface area contributed by atoms with Crippen molar-refractivity contribution < 1.29 is 14.7 Å². The van der Waals surface area contributed by atoms with Crippen LogP contribution in [0.15, 0.2) is 25.3 Å². The average molecular weight is 258 g/mol. The second-order valence-corrected chi connectivity index (χ2v) is 4.37. The van der Waals surface area contributed by atoms with E-state index in [0.29, 0.717) is 13.1 Å². The number of amides is 1. The molecular formula is C11H18N2O3S. The van der Waals surface area contributed by atoms with Crippen LogP contribution in [-0.4, -0.2) is 52.5 Å². The Bertz CT molecular complexity index is 284. The number of carbonyl (C=O) groups excluding carboxylic acids is 1. The van der Waals surface area contributed by atoms with E-state index < -0.39 is 12.0 Å². The molecule has 0 bridgehead atoms. The molecule has 0 aliphatic carbocycles. The molecule has 17 heavy (non-hydrogen) atoms. The summed E-state index contributed by atoms with van der Waals surface area (Å²) in [5.74, 6) is -0.703. The third-order valence-electron chi connectivity index (χ3n) is 1.89. The Hall–Kier alpha value is -1.27. The number of carbonyl (C=O) groups is 2. The third kappa shape index (κ3) is 6.80. The molecule has 0 unspecified atom stereocenters. The lowest BCUT2D eigenvalue weighted by Gasteiger charge is -2.19. The van der Waals surface area contributed by atoms with Gasteiger partial charge in [-0.2, -0.15) is 0 Å². The van der Waals surface area contributed by atoms with Crippen molar-refractivity contribution in [1.29, 1.82) is 0 Å². The van der Waals surface area contributed by atoms with Crippen molar-refractivity contribution in [2.75, 3.05) is 24.6 Å². The lowest BCUT2D eigenvalue weighted by Crippen LogP contribution is -2.35. The van der Waals surface area contributed by atoms with E-state index in [1.54, 1.807) is 17.1 Å². The maximum Gasteiger partial charge on any atom is 0.321 e. The molecule has 0 aliphatic rings. The van der Waals surface area contributed by atoms with Gasteiger partial charge in [0, 0.05) is 18.8 Å². The molecule has 0 saturated carbocycles. The second kappa shape index (κ2) is 8.83. The largest absolute Gasteiger partial charge is 0.480 e. The molecule has 0 aromatic rings. The van der Waals surface area contributed by atoms with Crippen molar-refractivity contribution in [3.63, 3.8) is 0 Å². The number of carboxylic acid groups (broad SMARTS) is 1. The van der Waals surface area contributed by atoms with Gasteiger partial charge in [-0.05, 0) is 0 Å². The molecule has 3 N–H and O–H groups in total. The van der Waals surface area contributed by atoms with Gasteiger partial charge in [0.1, 0.15) is 6.04 Å². The highest BCUT2D eigenvalue weighted by atomic mass is 32.2. The van der Waals surface area contributed by atoms with Gasteiger partial charge in [-0.1, -0.05) is 12.2 Å². The number of hydrogen-bond acceptors (Lipinski definition) is 4. The molecule has 1 atom stereocenters. The Morgan fingerprint density at radius 2 is 1.88 bits per heavy atom. The predicted octanol–water partition coefficient (Wildman–Crippen LogP) is 0.332. The van der Waals surface area contributed by atoms with E-state index in [0.717, 1.165) is 0 Å². The minimum atomic E-state index is -1.06.